The fourth-order valence-corrected chi connectivity index (χ4v) is 4.92. The molecule has 0 aliphatic carbocycles. The van der Waals surface area contributed by atoms with Crippen LogP contribution in [0.3, 0.4) is 0 Å². The smallest absolute Gasteiger partial charge is 0.227 e. The monoisotopic (exact) mass is 449 g/mol. The molecule has 2 aromatic rings. The molecule has 0 aromatic heterocycles. The van der Waals surface area contributed by atoms with Gasteiger partial charge in [-0.25, -0.2) is 4.39 Å². The summed E-state index contributed by atoms with van der Waals surface area (Å²) in [6.45, 7) is 5.28. The standard InChI is InChI=1S/C23H26Cl2FN3O/c24-21-4-1-5-22(25)20(21)16-27-10-2-3-17(15-27)23(30)29-13-11-28(12-14-29)19-8-6-18(26)7-9-19/h1,4-9,17H,2-3,10-16H2. The Bertz CT molecular complexity index is 864. The normalized spacial score (nSPS) is 20.4. The minimum Gasteiger partial charge on any atom is -0.368 e. The second kappa shape index (κ2) is 9.54. The third-order valence-corrected chi connectivity index (χ3v) is 6.79. The summed E-state index contributed by atoms with van der Waals surface area (Å²) in [6, 6.07) is 12.1. The molecule has 2 aliphatic heterocycles. The number of carbonyl (C=O) groups is 1. The lowest BCUT2D eigenvalue weighted by Gasteiger charge is -2.39. The molecule has 1 unspecified atom stereocenters. The van der Waals surface area contributed by atoms with E-state index in [9.17, 15) is 9.18 Å². The van der Waals surface area contributed by atoms with Gasteiger partial charge in [0.05, 0.1) is 5.92 Å². The fourth-order valence-electron chi connectivity index (χ4n) is 4.40. The van der Waals surface area contributed by atoms with Gasteiger partial charge in [-0.15, -0.1) is 0 Å². The highest BCUT2D eigenvalue weighted by Gasteiger charge is 2.31. The Morgan fingerprint density at radius 2 is 1.63 bits per heavy atom. The van der Waals surface area contributed by atoms with E-state index in [0.29, 0.717) is 29.7 Å². The van der Waals surface area contributed by atoms with Gasteiger partial charge < -0.3 is 9.80 Å². The Morgan fingerprint density at radius 3 is 2.30 bits per heavy atom. The van der Waals surface area contributed by atoms with Crippen molar-refractivity contribution >= 4 is 34.8 Å². The van der Waals surface area contributed by atoms with Gasteiger partial charge in [0.15, 0.2) is 0 Å². The average Bonchev–Trinajstić information content (AvgIpc) is 2.77. The van der Waals surface area contributed by atoms with Crippen molar-refractivity contribution in [2.75, 3.05) is 44.2 Å². The SMILES string of the molecule is O=C(C1CCCN(Cc2c(Cl)cccc2Cl)C1)N1CCN(c2ccc(F)cc2)CC1. The van der Waals surface area contributed by atoms with Crippen molar-refractivity contribution in [1.82, 2.24) is 9.80 Å². The highest BCUT2D eigenvalue weighted by atomic mass is 35.5. The Labute approximate surface area is 187 Å². The van der Waals surface area contributed by atoms with Gasteiger partial charge in [0, 0.05) is 60.6 Å². The van der Waals surface area contributed by atoms with Crippen molar-refractivity contribution in [3.05, 3.63) is 63.9 Å². The predicted molar refractivity (Wildman–Crippen MR) is 120 cm³/mol. The van der Waals surface area contributed by atoms with Crippen molar-refractivity contribution < 1.29 is 9.18 Å². The third-order valence-electron chi connectivity index (χ3n) is 6.08. The van der Waals surface area contributed by atoms with Crippen LogP contribution in [0.25, 0.3) is 0 Å². The lowest BCUT2D eigenvalue weighted by molar-refractivity contribution is -0.137. The minimum atomic E-state index is -0.229. The Morgan fingerprint density at radius 1 is 0.967 bits per heavy atom. The van der Waals surface area contributed by atoms with Gasteiger partial charge in [-0.05, 0) is 55.8 Å². The van der Waals surface area contributed by atoms with Crippen LogP contribution in [0.4, 0.5) is 10.1 Å². The van der Waals surface area contributed by atoms with Crippen LogP contribution in [0, 0.1) is 11.7 Å². The number of benzene rings is 2. The molecule has 0 spiro atoms. The van der Waals surface area contributed by atoms with Crippen LogP contribution in [0.15, 0.2) is 42.5 Å². The number of halogens is 3. The molecule has 4 nitrogen and oxygen atoms in total. The number of likely N-dealkylation sites (tertiary alicyclic amines) is 1. The van der Waals surface area contributed by atoms with Crippen molar-refractivity contribution in [3.63, 3.8) is 0 Å². The summed E-state index contributed by atoms with van der Waals surface area (Å²) in [5.74, 6) is 0.0218. The van der Waals surface area contributed by atoms with Gasteiger partial charge in [0.25, 0.3) is 0 Å². The van der Waals surface area contributed by atoms with Crippen molar-refractivity contribution in [3.8, 4) is 0 Å². The van der Waals surface area contributed by atoms with Crippen LogP contribution in [-0.4, -0.2) is 55.0 Å². The first kappa shape index (κ1) is 21.4. The number of hydrogen-bond donors (Lipinski definition) is 0. The summed E-state index contributed by atoms with van der Waals surface area (Å²) in [7, 11) is 0. The number of carbonyl (C=O) groups excluding carboxylic acids is 1. The maximum Gasteiger partial charge on any atom is 0.227 e. The van der Waals surface area contributed by atoms with Crippen LogP contribution < -0.4 is 4.90 Å². The zero-order valence-corrected chi connectivity index (χ0v) is 18.4. The zero-order valence-electron chi connectivity index (χ0n) is 16.9. The molecule has 2 heterocycles. The number of anilines is 1. The summed E-state index contributed by atoms with van der Waals surface area (Å²) in [4.78, 5) is 19.6. The van der Waals surface area contributed by atoms with Crippen LogP contribution in [0.1, 0.15) is 18.4 Å². The first-order chi connectivity index (χ1) is 14.5. The van der Waals surface area contributed by atoms with Crippen LogP contribution in [0.2, 0.25) is 10.0 Å². The maximum atomic E-state index is 13.2. The van der Waals surface area contributed by atoms with Crippen molar-refractivity contribution in [1.29, 1.82) is 0 Å². The topological polar surface area (TPSA) is 26.8 Å². The summed E-state index contributed by atoms with van der Waals surface area (Å²) < 4.78 is 13.2. The second-order valence-electron chi connectivity index (χ2n) is 8.06. The Hall–Kier alpha value is -1.82. The summed E-state index contributed by atoms with van der Waals surface area (Å²) in [5, 5.41) is 1.35. The summed E-state index contributed by atoms with van der Waals surface area (Å²) in [6.07, 6.45) is 1.91. The van der Waals surface area contributed by atoms with Crippen LogP contribution >= 0.6 is 23.2 Å². The number of piperazine rings is 1. The highest BCUT2D eigenvalue weighted by molar-refractivity contribution is 6.35. The number of piperidine rings is 1. The van der Waals surface area contributed by atoms with Crippen LogP contribution in [-0.2, 0) is 11.3 Å². The molecule has 1 atom stereocenters. The van der Waals surface area contributed by atoms with Gasteiger partial charge in [-0.3, -0.25) is 9.69 Å². The first-order valence-corrected chi connectivity index (χ1v) is 11.2. The molecule has 0 bridgehead atoms. The molecule has 0 radical (unpaired) electrons. The van der Waals surface area contributed by atoms with Gasteiger partial charge in [-0.2, -0.15) is 0 Å². The van der Waals surface area contributed by atoms with Gasteiger partial charge in [0.1, 0.15) is 5.82 Å². The molecule has 2 saturated heterocycles. The predicted octanol–water partition coefficient (Wildman–Crippen LogP) is 4.69. The molecule has 2 fully saturated rings. The Balaban J connectivity index is 1.33. The van der Waals surface area contributed by atoms with E-state index in [1.54, 1.807) is 12.1 Å². The van der Waals surface area contributed by atoms with Crippen molar-refractivity contribution in [2.45, 2.75) is 19.4 Å². The van der Waals surface area contributed by atoms with E-state index in [0.717, 1.165) is 50.3 Å². The van der Waals surface area contributed by atoms with E-state index in [-0.39, 0.29) is 17.6 Å². The van der Waals surface area contributed by atoms with E-state index >= 15 is 0 Å². The lowest BCUT2D eigenvalue weighted by atomic mass is 9.95. The van der Waals surface area contributed by atoms with Gasteiger partial charge in [-0.1, -0.05) is 29.3 Å². The van der Waals surface area contributed by atoms with E-state index in [4.69, 9.17) is 23.2 Å². The van der Waals surface area contributed by atoms with Crippen molar-refractivity contribution in [2.24, 2.45) is 5.92 Å². The number of nitrogens with zero attached hydrogens (tertiary/aromatic N) is 3. The van der Waals surface area contributed by atoms with E-state index in [2.05, 4.69) is 9.80 Å². The quantitative estimate of drug-likeness (QED) is 0.676. The number of rotatable bonds is 4. The van der Waals surface area contributed by atoms with Crippen LogP contribution in [0.5, 0.6) is 0 Å². The molecule has 2 aliphatic rings. The zero-order chi connectivity index (χ0) is 21.1. The summed E-state index contributed by atoms with van der Waals surface area (Å²) >= 11 is 12.7. The average molecular weight is 450 g/mol. The maximum absolute atomic E-state index is 13.2. The molecule has 160 valence electrons. The molecular weight excluding hydrogens is 424 g/mol. The number of amides is 1. The second-order valence-corrected chi connectivity index (χ2v) is 8.88. The van der Waals surface area contributed by atoms with E-state index in [1.807, 2.05) is 23.1 Å². The largest absolute Gasteiger partial charge is 0.368 e. The lowest BCUT2D eigenvalue weighted by Crippen LogP contribution is -2.52. The molecule has 2 aromatic carbocycles. The number of hydrogen-bond acceptors (Lipinski definition) is 3. The van der Waals surface area contributed by atoms with E-state index < -0.39 is 0 Å². The molecule has 0 saturated carbocycles. The van der Waals surface area contributed by atoms with E-state index in [1.165, 1.54) is 12.1 Å². The summed E-state index contributed by atoms with van der Waals surface area (Å²) in [5.41, 5.74) is 1.94. The molecule has 30 heavy (non-hydrogen) atoms. The van der Waals surface area contributed by atoms with Gasteiger partial charge in [0.2, 0.25) is 5.91 Å². The van der Waals surface area contributed by atoms with Gasteiger partial charge >= 0.3 is 0 Å². The molecule has 0 N–H and O–H groups in total. The minimum absolute atomic E-state index is 0.0115. The highest BCUT2D eigenvalue weighted by Crippen LogP contribution is 2.28. The Kier molecular flexibility index (Phi) is 6.81. The molecule has 4 rings (SSSR count). The third kappa shape index (κ3) is 4.90. The molecular formula is C23H26Cl2FN3O. The first-order valence-electron chi connectivity index (χ1n) is 10.5. The molecule has 1 amide bonds. The fraction of sp³-hybridized carbons (Fsp3) is 0.435. The molecule has 7 heteroatoms.